The van der Waals surface area contributed by atoms with Crippen LogP contribution < -0.4 is 5.32 Å². The van der Waals surface area contributed by atoms with Crippen LogP contribution in [-0.2, 0) is 17.9 Å². The smallest absolute Gasteiger partial charge is 0.227 e. The SMILES string of the molecule is O=C(CCn1cc(Br)cn1)Nc1ccn(Cc2ccc(F)cc2Cl)n1. The molecule has 2 heterocycles. The van der Waals surface area contributed by atoms with Crippen LogP contribution in [0.5, 0.6) is 0 Å². The first-order chi connectivity index (χ1) is 12.0. The third-order valence-electron chi connectivity index (χ3n) is 3.43. The number of carbonyl (C=O) groups excluding carboxylic acids is 1. The van der Waals surface area contributed by atoms with Gasteiger partial charge in [0.2, 0.25) is 5.91 Å². The van der Waals surface area contributed by atoms with Gasteiger partial charge in [0.05, 0.1) is 17.2 Å². The Balaban J connectivity index is 1.55. The van der Waals surface area contributed by atoms with Crippen molar-refractivity contribution in [1.82, 2.24) is 19.6 Å². The Morgan fingerprint density at radius 2 is 2.16 bits per heavy atom. The molecular formula is C16H14BrClFN5O. The van der Waals surface area contributed by atoms with E-state index >= 15 is 0 Å². The van der Waals surface area contributed by atoms with E-state index in [0.717, 1.165) is 10.0 Å². The van der Waals surface area contributed by atoms with Crippen LogP contribution in [0.3, 0.4) is 0 Å². The van der Waals surface area contributed by atoms with Crippen LogP contribution in [-0.4, -0.2) is 25.5 Å². The zero-order chi connectivity index (χ0) is 17.8. The van der Waals surface area contributed by atoms with Gasteiger partial charge in [0.25, 0.3) is 0 Å². The van der Waals surface area contributed by atoms with Gasteiger partial charge in [-0.1, -0.05) is 17.7 Å². The summed E-state index contributed by atoms with van der Waals surface area (Å²) < 4.78 is 17.2. The minimum absolute atomic E-state index is 0.156. The molecule has 9 heteroatoms. The lowest BCUT2D eigenvalue weighted by Gasteiger charge is -2.05. The number of amides is 1. The van der Waals surface area contributed by atoms with Crippen molar-refractivity contribution in [3.05, 3.63) is 63.7 Å². The average molecular weight is 427 g/mol. The van der Waals surface area contributed by atoms with Crippen LogP contribution in [0.15, 0.2) is 47.3 Å². The largest absolute Gasteiger partial charge is 0.309 e. The molecule has 1 amide bonds. The first kappa shape index (κ1) is 17.6. The number of rotatable bonds is 6. The lowest BCUT2D eigenvalue weighted by Crippen LogP contribution is -2.15. The molecule has 3 aromatic rings. The normalized spacial score (nSPS) is 10.8. The fourth-order valence-electron chi connectivity index (χ4n) is 2.22. The highest BCUT2D eigenvalue weighted by Crippen LogP contribution is 2.18. The second-order valence-electron chi connectivity index (χ2n) is 5.35. The molecule has 0 atom stereocenters. The van der Waals surface area contributed by atoms with E-state index in [1.807, 2.05) is 0 Å². The van der Waals surface area contributed by atoms with E-state index in [0.29, 0.717) is 23.9 Å². The summed E-state index contributed by atoms with van der Waals surface area (Å²) in [6.45, 7) is 0.861. The van der Waals surface area contributed by atoms with E-state index in [1.54, 1.807) is 40.1 Å². The molecule has 3 rings (SSSR count). The summed E-state index contributed by atoms with van der Waals surface area (Å²) >= 11 is 9.31. The number of benzene rings is 1. The van der Waals surface area contributed by atoms with Gasteiger partial charge < -0.3 is 5.32 Å². The van der Waals surface area contributed by atoms with E-state index in [9.17, 15) is 9.18 Å². The van der Waals surface area contributed by atoms with Crippen molar-refractivity contribution in [3.63, 3.8) is 0 Å². The van der Waals surface area contributed by atoms with E-state index < -0.39 is 0 Å². The quantitative estimate of drug-likeness (QED) is 0.653. The molecule has 1 aromatic carbocycles. The van der Waals surface area contributed by atoms with Crippen molar-refractivity contribution >= 4 is 39.3 Å². The number of halogens is 3. The van der Waals surface area contributed by atoms with Gasteiger partial charge in [-0.25, -0.2) is 4.39 Å². The summed E-state index contributed by atoms with van der Waals surface area (Å²) in [4.78, 5) is 12.0. The van der Waals surface area contributed by atoms with Gasteiger partial charge in [-0.15, -0.1) is 0 Å². The first-order valence-corrected chi connectivity index (χ1v) is 8.62. The third-order valence-corrected chi connectivity index (χ3v) is 4.19. The number of anilines is 1. The minimum atomic E-state index is -0.383. The van der Waals surface area contributed by atoms with Crippen molar-refractivity contribution < 1.29 is 9.18 Å². The first-order valence-electron chi connectivity index (χ1n) is 7.45. The minimum Gasteiger partial charge on any atom is -0.309 e. The Labute approximate surface area is 156 Å². The number of nitrogens with zero attached hydrogens (tertiary/aromatic N) is 4. The second-order valence-corrected chi connectivity index (χ2v) is 6.68. The van der Waals surface area contributed by atoms with Crippen LogP contribution in [0.4, 0.5) is 10.2 Å². The van der Waals surface area contributed by atoms with Gasteiger partial charge in [0, 0.05) is 36.4 Å². The molecule has 1 N–H and O–H groups in total. The standard InChI is InChI=1S/C16H14BrClFN5O/c17-12-8-20-23(10-12)6-4-16(25)21-15-3-5-24(22-15)9-11-1-2-13(19)7-14(11)18/h1-3,5,7-8,10H,4,6,9H2,(H,21,22,25). The van der Waals surface area contributed by atoms with Crippen molar-refractivity contribution in [3.8, 4) is 0 Å². The Morgan fingerprint density at radius 1 is 1.32 bits per heavy atom. The summed E-state index contributed by atoms with van der Waals surface area (Å²) in [5, 5.41) is 11.4. The molecule has 0 saturated carbocycles. The van der Waals surface area contributed by atoms with Crippen LogP contribution in [0.25, 0.3) is 0 Å². The molecular weight excluding hydrogens is 413 g/mol. The zero-order valence-corrected chi connectivity index (χ0v) is 15.3. The maximum absolute atomic E-state index is 13.1. The predicted molar refractivity (Wildman–Crippen MR) is 95.9 cm³/mol. The summed E-state index contributed by atoms with van der Waals surface area (Å²) in [7, 11) is 0. The number of hydrogen-bond donors (Lipinski definition) is 1. The summed E-state index contributed by atoms with van der Waals surface area (Å²) in [6, 6.07) is 5.91. The fraction of sp³-hybridized carbons (Fsp3) is 0.188. The van der Waals surface area contributed by atoms with Gasteiger partial charge in [-0.05, 0) is 33.6 Å². The molecule has 0 fully saturated rings. The van der Waals surface area contributed by atoms with Gasteiger partial charge >= 0.3 is 0 Å². The number of hydrogen-bond acceptors (Lipinski definition) is 3. The highest BCUT2D eigenvalue weighted by atomic mass is 79.9. The fourth-order valence-corrected chi connectivity index (χ4v) is 2.78. The highest BCUT2D eigenvalue weighted by molar-refractivity contribution is 9.10. The molecule has 0 radical (unpaired) electrons. The molecule has 0 aliphatic rings. The molecule has 6 nitrogen and oxygen atoms in total. The second kappa shape index (κ2) is 7.79. The molecule has 0 aliphatic carbocycles. The predicted octanol–water partition coefficient (Wildman–Crippen LogP) is 3.71. The van der Waals surface area contributed by atoms with Crippen molar-refractivity contribution in [2.75, 3.05) is 5.32 Å². The average Bonchev–Trinajstić information content (AvgIpc) is 3.17. The van der Waals surface area contributed by atoms with Crippen molar-refractivity contribution in [1.29, 1.82) is 0 Å². The van der Waals surface area contributed by atoms with Gasteiger partial charge in [0.1, 0.15) is 5.82 Å². The van der Waals surface area contributed by atoms with Crippen molar-refractivity contribution in [2.45, 2.75) is 19.5 Å². The monoisotopic (exact) mass is 425 g/mol. The molecule has 2 aromatic heterocycles. The van der Waals surface area contributed by atoms with Gasteiger partial charge in [-0.3, -0.25) is 14.2 Å². The lowest BCUT2D eigenvalue weighted by molar-refractivity contribution is -0.116. The number of carbonyl (C=O) groups is 1. The topological polar surface area (TPSA) is 64.7 Å². The molecule has 0 saturated heterocycles. The number of aromatic nitrogens is 4. The Kier molecular flexibility index (Phi) is 5.50. The van der Waals surface area contributed by atoms with Gasteiger partial charge in [0.15, 0.2) is 5.82 Å². The number of nitrogens with one attached hydrogen (secondary N) is 1. The molecule has 0 unspecified atom stereocenters. The molecule has 130 valence electrons. The number of aryl methyl sites for hydroxylation is 1. The van der Waals surface area contributed by atoms with Crippen LogP contribution in [0.1, 0.15) is 12.0 Å². The van der Waals surface area contributed by atoms with E-state index in [1.165, 1.54) is 12.1 Å². The van der Waals surface area contributed by atoms with Gasteiger partial charge in [-0.2, -0.15) is 10.2 Å². The van der Waals surface area contributed by atoms with Crippen LogP contribution in [0, 0.1) is 5.82 Å². The zero-order valence-electron chi connectivity index (χ0n) is 13.0. The summed E-state index contributed by atoms with van der Waals surface area (Å²) in [5.74, 6) is -0.0899. The molecule has 0 bridgehead atoms. The van der Waals surface area contributed by atoms with E-state index in [4.69, 9.17) is 11.6 Å². The Morgan fingerprint density at radius 3 is 2.88 bits per heavy atom. The Bertz CT molecular complexity index is 894. The van der Waals surface area contributed by atoms with Crippen LogP contribution in [0.2, 0.25) is 5.02 Å². The van der Waals surface area contributed by atoms with Crippen molar-refractivity contribution in [2.24, 2.45) is 0 Å². The highest BCUT2D eigenvalue weighted by Gasteiger charge is 2.08. The summed E-state index contributed by atoms with van der Waals surface area (Å²) in [6.07, 6.45) is 5.47. The summed E-state index contributed by atoms with van der Waals surface area (Å²) in [5.41, 5.74) is 0.744. The van der Waals surface area contributed by atoms with E-state index in [-0.39, 0.29) is 18.1 Å². The maximum Gasteiger partial charge on any atom is 0.227 e. The molecule has 0 aliphatic heterocycles. The maximum atomic E-state index is 13.1. The van der Waals surface area contributed by atoms with E-state index in [2.05, 4.69) is 31.4 Å². The lowest BCUT2D eigenvalue weighted by atomic mass is 10.2. The van der Waals surface area contributed by atoms with Crippen LogP contribution >= 0.6 is 27.5 Å². The Hall–Kier alpha value is -2.19. The molecule has 0 spiro atoms. The molecule has 25 heavy (non-hydrogen) atoms. The third kappa shape index (κ3) is 4.90.